The van der Waals surface area contributed by atoms with Gasteiger partial charge in [-0.2, -0.15) is 0 Å². The molecule has 1 aliphatic heterocycles. The number of nitrogens with zero attached hydrogens (tertiary/aromatic N) is 1. The Balaban J connectivity index is 0.00000200. The Morgan fingerprint density at radius 1 is 1.38 bits per heavy atom. The molecule has 1 aliphatic rings. The Morgan fingerprint density at radius 2 is 2.10 bits per heavy atom. The van der Waals surface area contributed by atoms with Gasteiger partial charge in [-0.25, -0.2) is 0 Å². The molecule has 0 aromatic heterocycles. The molecule has 0 spiro atoms. The Labute approximate surface area is 143 Å². The fraction of sp³-hybridized carbons (Fsp3) is 0.500. The molecule has 1 aromatic carbocycles. The number of carbonyl (C=O) groups is 1. The summed E-state index contributed by atoms with van der Waals surface area (Å²) in [6.45, 7) is 1.68. The van der Waals surface area contributed by atoms with E-state index in [2.05, 4.69) is 34.7 Å². The van der Waals surface area contributed by atoms with E-state index in [1.165, 1.54) is 5.69 Å². The number of carbonyl (C=O) groups excluding carboxylic acids is 1. The molecule has 0 aliphatic carbocycles. The third-order valence-electron chi connectivity index (χ3n) is 3.20. The van der Waals surface area contributed by atoms with E-state index in [4.69, 9.17) is 0 Å². The number of para-hydroxylation sites is 1. The van der Waals surface area contributed by atoms with Crippen LogP contribution in [-0.4, -0.2) is 43.7 Å². The van der Waals surface area contributed by atoms with Crippen LogP contribution in [0.5, 0.6) is 0 Å². The summed E-state index contributed by atoms with van der Waals surface area (Å²) in [6, 6.07) is 10.3. The Hall–Kier alpha value is -0.620. The Kier molecular flexibility index (Phi) is 10.7. The normalized spacial score (nSPS) is 16.5. The third-order valence-corrected chi connectivity index (χ3v) is 4.14. The molecule has 1 unspecified atom stereocenters. The lowest BCUT2D eigenvalue weighted by molar-refractivity contribution is -0.122. The molecular formula is C14H23Cl2N3OS. The van der Waals surface area contributed by atoms with Gasteiger partial charge in [-0.15, -0.1) is 36.6 Å². The quantitative estimate of drug-likeness (QED) is 0.770. The highest BCUT2D eigenvalue weighted by molar-refractivity contribution is 7.99. The molecule has 1 aromatic rings. The first-order chi connectivity index (χ1) is 9.27. The summed E-state index contributed by atoms with van der Waals surface area (Å²) in [7, 11) is 2.08. The first-order valence-electron chi connectivity index (χ1n) is 6.62. The van der Waals surface area contributed by atoms with E-state index >= 15 is 0 Å². The van der Waals surface area contributed by atoms with Crippen molar-refractivity contribution in [1.29, 1.82) is 0 Å². The number of anilines is 1. The second kappa shape index (κ2) is 11.0. The van der Waals surface area contributed by atoms with E-state index < -0.39 is 0 Å². The van der Waals surface area contributed by atoms with Crippen LogP contribution in [0.15, 0.2) is 30.3 Å². The van der Waals surface area contributed by atoms with Crippen molar-refractivity contribution in [3.8, 4) is 0 Å². The standard InChI is InChI=1S/C14H21N3OS.2ClH/c1-17(12-6-3-2-4-7-12)9-5-8-15-14(18)13-10-19-11-16-13;;/h2-4,6-7,13,16H,5,8-11H2,1H3,(H,15,18);2*1H. The Bertz CT molecular complexity index is 402. The minimum absolute atomic E-state index is 0. The molecule has 21 heavy (non-hydrogen) atoms. The number of amides is 1. The number of benzene rings is 1. The third kappa shape index (κ3) is 6.78. The average molecular weight is 352 g/mol. The van der Waals surface area contributed by atoms with Gasteiger partial charge in [0.25, 0.3) is 0 Å². The first kappa shape index (κ1) is 20.4. The maximum atomic E-state index is 11.8. The van der Waals surface area contributed by atoms with Crippen molar-refractivity contribution < 1.29 is 4.79 Å². The maximum absolute atomic E-state index is 11.8. The fourth-order valence-corrected chi connectivity index (χ4v) is 2.97. The molecule has 1 fully saturated rings. The van der Waals surface area contributed by atoms with Gasteiger partial charge in [0.1, 0.15) is 0 Å². The molecule has 7 heteroatoms. The fourth-order valence-electron chi connectivity index (χ4n) is 2.03. The van der Waals surface area contributed by atoms with Gasteiger partial charge >= 0.3 is 0 Å². The van der Waals surface area contributed by atoms with Gasteiger partial charge in [0.2, 0.25) is 5.91 Å². The van der Waals surface area contributed by atoms with E-state index in [-0.39, 0.29) is 36.8 Å². The summed E-state index contributed by atoms with van der Waals surface area (Å²) in [5, 5.41) is 6.16. The number of halogens is 2. The lowest BCUT2D eigenvalue weighted by atomic mass is 10.2. The van der Waals surface area contributed by atoms with Crippen molar-refractivity contribution in [2.45, 2.75) is 12.5 Å². The van der Waals surface area contributed by atoms with Crippen LogP contribution in [0.3, 0.4) is 0 Å². The largest absolute Gasteiger partial charge is 0.375 e. The van der Waals surface area contributed by atoms with Crippen molar-refractivity contribution in [3.05, 3.63) is 30.3 Å². The first-order valence-corrected chi connectivity index (χ1v) is 7.78. The van der Waals surface area contributed by atoms with Gasteiger partial charge < -0.3 is 10.2 Å². The van der Waals surface area contributed by atoms with Gasteiger partial charge in [0, 0.05) is 37.5 Å². The minimum atomic E-state index is -0.00291. The topological polar surface area (TPSA) is 44.4 Å². The van der Waals surface area contributed by atoms with Crippen LogP contribution < -0.4 is 15.5 Å². The van der Waals surface area contributed by atoms with Crippen molar-refractivity contribution in [1.82, 2.24) is 10.6 Å². The average Bonchev–Trinajstić information content (AvgIpc) is 2.98. The summed E-state index contributed by atoms with van der Waals surface area (Å²) in [6.07, 6.45) is 0.955. The summed E-state index contributed by atoms with van der Waals surface area (Å²) in [5.41, 5.74) is 1.21. The number of hydrogen-bond acceptors (Lipinski definition) is 4. The zero-order valence-electron chi connectivity index (χ0n) is 12.1. The van der Waals surface area contributed by atoms with E-state index in [1.807, 2.05) is 18.2 Å². The van der Waals surface area contributed by atoms with Crippen molar-refractivity contribution in [2.24, 2.45) is 0 Å². The van der Waals surface area contributed by atoms with Crippen LogP contribution >= 0.6 is 36.6 Å². The maximum Gasteiger partial charge on any atom is 0.238 e. The number of rotatable bonds is 6. The lowest BCUT2D eigenvalue weighted by Crippen LogP contribution is -2.42. The van der Waals surface area contributed by atoms with Gasteiger partial charge in [-0.05, 0) is 18.6 Å². The van der Waals surface area contributed by atoms with Gasteiger partial charge in [-0.3, -0.25) is 10.1 Å². The zero-order valence-corrected chi connectivity index (χ0v) is 14.5. The minimum Gasteiger partial charge on any atom is -0.375 e. The van der Waals surface area contributed by atoms with Crippen molar-refractivity contribution in [2.75, 3.05) is 36.7 Å². The SMILES string of the molecule is CN(CCCNC(=O)C1CSCN1)c1ccccc1.Cl.Cl. The monoisotopic (exact) mass is 351 g/mol. The van der Waals surface area contributed by atoms with Crippen molar-refractivity contribution >= 4 is 48.2 Å². The summed E-state index contributed by atoms with van der Waals surface area (Å²) in [5.74, 6) is 1.90. The smallest absolute Gasteiger partial charge is 0.238 e. The van der Waals surface area contributed by atoms with Gasteiger partial charge in [-0.1, -0.05) is 18.2 Å². The number of hydrogen-bond donors (Lipinski definition) is 2. The van der Waals surface area contributed by atoms with E-state index in [0.29, 0.717) is 0 Å². The molecule has 1 saturated heterocycles. The second-order valence-electron chi connectivity index (χ2n) is 4.67. The van der Waals surface area contributed by atoms with E-state index in [0.717, 1.165) is 31.1 Å². The molecule has 4 nitrogen and oxygen atoms in total. The van der Waals surface area contributed by atoms with Crippen molar-refractivity contribution in [3.63, 3.8) is 0 Å². The summed E-state index contributed by atoms with van der Waals surface area (Å²) in [4.78, 5) is 14.0. The molecule has 0 radical (unpaired) electrons. The van der Waals surface area contributed by atoms with Crippen LogP contribution in [0, 0.1) is 0 Å². The highest BCUT2D eigenvalue weighted by atomic mass is 35.5. The van der Waals surface area contributed by atoms with Crippen LogP contribution in [0.4, 0.5) is 5.69 Å². The zero-order chi connectivity index (χ0) is 13.5. The molecule has 1 heterocycles. The number of thioether (sulfide) groups is 1. The molecule has 2 N–H and O–H groups in total. The molecule has 1 atom stereocenters. The van der Waals surface area contributed by atoms with E-state index in [9.17, 15) is 4.79 Å². The van der Waals surface area contributed by atoms with E-state index in [1.54, 1.807) is 11.8 Å². The van der Waals surface area contributed by atoms with Crippen LogP contribution in [0.25, 0.3) is 0 Å². The molecule has 2 rings (SSSR count). The predicted molar refractivity (Wildman–Crippen MR) is 96.1 cm³/mol. The molecule has 0 saturated carbocycles. The molecule has 0 bridgehead atoms. The lowest BCUT2D eigenvalue weighted by Gasteiger charge is -2.19. The molecule has 120 valence electrons. The highest BCUT2D eigenvalue weighted by Gasteiger charge is 2.21. The van der Waals surface area contributed by atoms with Gasteiger partial charge in [0.15, 0.2) is 0 Å². The second-order valence-corrected chi connectivity index (χ2v) is 5.70. The number of nitrogens with one attached hydrogen (secondary N) is 2. The molecule has 1 amide bonds. The Morgan fingerprint density at radius 3 is 2.71 bits per heavy atom. The predicted octanol–water partition coefficient (Wildman–Crippen LogP) is 2.14. The molecular weight excluding hydrogens is 329 g/mol. The summed E-state index contributed by atoms with van der Waals surface area (Å²) < 4.78 is 0. The van der Waals surface area contributed by atoms with Crippen LogP contribution in [0.1, 0.15) is 6.42 Å². The van der Waals surface area contributed by atoms with Gasteiger partial charge in [0.05, 0.1) is 6.04 Å². The highest BCUT2D eigenvalue weighted by Crippen LogP contribution is 2.11. The van der Waals surface area contributed by atoms with Crippen LogP contribution in [-0.2, 0) is 4.79 Å². The van der Waals surface area contributed by atoms with Crippen LogP contribution in [0.2, 0.25) is 0 Å². The summed E-state index contributed by atoms with van der Waals surface area (Å²) >= 11 is 1.77.